The molecule has 0 atom stereocenters. The molecular weight excluding hydrogens is 264 g/mol. The van der Waals surface area contributed by atoms with Gasteiger partial charge in [0, 0.05) is 36.1 Å². The second kappa shape index (κ2) is 5.85. The van der Waals surface area contributed by atoms with Gasteiger partial charge < -0.3 is 14.6 Å². The van der Waals surface area contributed by atoms with Crippen LogP contribution in [-0.2, 0) is 13.1 Å². The fraction of sp³-hybridized carbons (Fsp3) is 0.500. The van der Waals surface area contributed by atoms with E-state index in [1.54, 1.807) is 7.11 Å². The standard InChI is InChI=1S/C16H22N4O/c1-11-6-18-15(12(2)16(11)21-3)9-20-8-14(19-10-20)7-17-13-4-5-13/h6,8,10,13,17H,4-5,7,9H2,1-3H3. The maximum atomic E-state index is 5.46. The highest BCUT2D eigenvalue weighted by molar-refractivity contribution is 5.41. The molecule has 2 aromatic heterocycles. The summed E-state index contributed by atoms with van der Waals surface area (Å²) in [5.74, 6) is 0.927. The van der Waals surface area contributed by atoms with E-state index in [0.717, 1.165) is 41.4 Å². The molecule has 0 amide bonds. The van der Waals surface area contributed by atoms with Gasteiger partial charge in [-0.1, -0.05) is 0 Å². The summed E-state index contributed by atoms with van der Waals surface area (Å²) >= 11 is 0. The molecule has 0 aliphatic heterocycles. The Bertz CT molecular complexity index is 631. The number of nitrogens with zero attached hydrogens (tertiary/aromatic N) is 3. The van der Waals surface area contributed by atoms with Gasteiger partial charge in [-0.3, -0.25) is 4.98 Å². The highest BCUT2D eigenvalue weighted by atomic mass is 16.5. The normalized spacial score (nSPS) is 14.4. The molecule has 0 spiro atoms. The number of imidazole rings is 1. The minimum absolute atomic E-state index is 0.709. The van der Waals surface area contributed by atoms with Crippen molar-refractivity contribution < 1.29 is 4.74 Å². The van der Waals surface area contributed by atoms with E-state index in [9.17, 15) is 0 Å². The van der Waals surface area contributed by atoms with Gasteiger partial charge in [-0.15, -0.1) is 0 Å². The maximum Gasteiger partial charge on any atom is 0.128 e. The van der Waals surface area contributed by atoms with Crippen molar-refractivity contribution in [3.63, 3.8) is 0 Å². The quantitative estimate of drug-likeness (QED) is 0.884. The third-order valence-corrected chi connectivity index (χ3v) is 3.92. The zero-order valence-electron chi connectivity index (χ0n) is 12.9. The minimum Gasteiger partial charge on any atom is -0.496 e. The van der Waals surface area contributed by atoms with E-state index in [4.69, 9.17) is 4.74 Å². The molecule has 1 saturated carbocycles. The van der Waals surface area contributed by atoms with Crippen molar-refractivity contribution in [2.45, 2.75) is 45.8 Å². The van der Waals surface area contributed by atoms with Crippen molar-refractivity contribution >= 4 is 0 Å². The first-order valence-electron chi connectivity index (χ1n) is 7.40. The average molecular weight is 286 g/mol. The van der Waals surface area contributed by atoms with E-state index in [2.05, 4.69) is 33.0 Å². The average Bonchev–Trinajstić information content (AvgIpc) is 3.20. The van der Waals surface area contributed by atoms with Gasteiger partial charge in [0.15, 0.2) is 0 Å². The number of methoxy groups -OCH3 is 1. The molecular formula is C16H22N4O. The number of pyridine rings is 1. The van der Waals surface area contributed by atoms with E-state index in [1.807, 2.05) is 19.4 Å². The molecule has 0 aromatic carbocycles. The third-order valence-electron chi connectivity index (χ3n) is 3.92. The molecule has 2 heterocycles. The Hall–Kier alpha value is -1.88. The first-order valence-corrected chi connectivity index (χ1v) is 7.40. The van der Waals surface area contributed by atoms with Crippen LogP contribution in [0.15, 0.2) is 18.7 Å². The summed E-state index contributed by atoms with van der Waals surface area (Å²) in [4.78, 5) is 8.97. The molecule has 3 rings (SSSR count). The molecule has 0 unspecified atom stereocenters. The Kier molecular flexibility index (Phi) is 3.92. The molecule has 5 nitrogen and oxygen atoms in total. The molecule has 1 aliphatic rings. The Morgan fingerprint density at radius 1 is 1.33 bits per heavy atom. The summed E-state index contributed by atoms with van der Waals surface area (Å²) in [5.41, 5.74) is 4.28. The first kappa shape index (κ1) is 14.1. The molecule has 5 heteroatoms. The number of nitrogens with one attached hydrogen (secondary N) is 1. The van der Waals surface area contributed by atoms with Gasteiger partial charge in [-0.05, 0) is 26.7 Å². The van der Waals surface area contributed by atoms with Gasteiger partial charge in [0.05, 0.1) is 31.4 Å². The predicted molar refractivity (Wildman–Crippen MR) is 81.5 cm³/mol. The van der Waals surface area contributed by atoms with E-state index in [0.29, 0.717) is 6.04 Å². The third kappa shape index (κ3) is 3.24. The lowest BCUT2D eigenvalue weighted by Crippen LogP contribution is -2.15. The highest BCUT2D eigenvalue weighted by Gasteiger charge is 2.20. The Morgan fingerprint density at radius 3 is 2.86 bits per heavy atom. The fourth-order valence-corrected chi connectivity index (χ4v) is 2.52. The second-order valence-corrected chi connectivity index (χ2v) is 5.74. The maximum absolute atomic E-state index is 5.46. The summed E-state index contributed by atoms with van der Waals surface area (Å²) in [6.45, 7) is 5.64. The van der Waals surface area contributed by atoms with Gasteiger partial charge in [-0.25, -0.2) is 4.98 Å². The Morgan fingerprint density at radius 2 is 2.14 bits per heavy atom. The SMILES string of the molecule is COc1c(C)cnc(Cn2cnc(CNC3CC3)c2)c1C. The van der Waals surface area contributed by atoms with Crippen LogP contribution in [0.3, 0.4) is 0 Å². The Balaban J connectivity index is 1.71. The van der Waals surface area contributed by atoms with Gasteiger partial charge in [-0.2, -0.15) is 0 Å². The van der Waals surface area contributed by atoms with Gasteiger partial charge in [0.2, 0.25) is 0 Å². The summed E-state index contributed by atoms with van der Waals surface area (Å²) in [5, 5.41) is 3.48. The van der Waals surface area contributed by atoms with Gasteiger partial charge in [0.1, 0.15) is 5.75 Å². The van der Waals surface area contributed by atoms with Crippen LogP contribution in [0.5, 0.6) is 5.75 Å². The topological polar surface area (TPSA) is 52.0 Å². The number of rotatable bonds is 6. The Labute approximate surface area is 125 Å². The fourth-order valence-electron chi connectivity index (χ4n) is 2.52. The van der Waals surface area contributed by atoms with Crippen LogP contribution < -0.4 is 10.1 Å². The highest BCUT2D eigenvalue weighted by Crippen LogP contribution is 2.24. The number of aromatic nitrogens is 3. The summed E-state index contributed by atoms with van der Waals surface area (Å²) in [7, 11) is 1.71. The van der Waals surface area contributed by atoms with Crippen molar-refractivity contribution in [1.29, 1.82) is 0 Å². The van der Waals surface area contributed by atoms with Crippen LogP contribution in [0, 0.1) is 13.8 Å². The number of aryl methyl sites for hydroxylation is 1. The minimum atomic E-state index is 0.709. The van der Waals surface area contributed by atoms with Crippen molar-refractivity contribution in [3.05, 3.63) is 41.2 Å². The van der Waals surface area contributed by atoms with Crippen molar-refractivity contribution in [3.8, 4) is 5.75 Å². The van der Waals surface area contributed by atoms with E-state index < -0.39 is 0 Å². The molecule has 112 valence electrons. The number of ether oxygens (including phenoxy) is 1. The van der Waals surface area contributed by atoms with Crippen molar-refractivity contribution in [2.24, 2.45) is 0 Å². The zero-order valence-corrected chi connectivity index (χ0v) is 12.9. The van der Waals surface area contributed by atoms with Crippen LogP contribution in [0.25, 0.3) is 0 Å². The summed E-state index contributed by atoms with van der Waals surface area (Å²) in [6.07, 6.45) is 8.42. The van der Waals surface area contributed by atoms with Gasteiger partial charge >= 0.3 is 0 Å². The molecule has 0 saturated heterocycles. The molecule has 21 heavy (non-hydrogen) atoms. The number of hydrogen-bond donors (Lipinski definition) is 1. The van der Waals surface area contributed by atoms with Crippen molar-refractivity contribution in [1.82, 2.24) is 19.9 Å². The van der Waals surface area contributed by atoms with Crippen molar-refractivity contribution in [2.75, 3.05) is 7.11 Å². The zero-order chi connectivity index (χ0) is 14.8. The van der Waals surface area contributed by atoms with Gasteiger partial charge in [0.25, 0.3) is 0 Å². The van der Waals surface area contributed by atoms with E-state index in [1.165, 1.54) is 12.8 Å². The van der Waals surface area contributed by atoms with Crippen LogP contribution >= 0.6 is 0 Å². The molecule has 1 N–H and O–H groups in total. The number of hydrogen-bond acceptors (Lipinski definition) is 4. The summed E-state index contributed by atoms with van der Waals surface area (Å²) < 4.78 is 7.53. The lowest BCUT2D eigenvalue weighted by atomic mass is 10.1. The molecule has 1 aliphatic carbocycles. The van der Waals surface area contributed by atoms with E-state index >= 15 is 0 Å². The molecule has 1 fully saturated rings. The first-order chi connectivity index (χ1) is 10.2. The van der Waals surface area contributed by atoms with E-state index in [-0.39, 0.29) is 0 Å². The predicted octanol–water partition coefficient (Wildman–Crippen LogP) is 2.20. The van der Waals surface area contributed by atoms with Crippen LogP contribution in [-0.4, -0.2) is 27.7 Å². The largest absolute Gasteiger partial charge is 0.496 e. The smallest absolute Gasteiger partial charge is 0.128 e. The monoisotopic (exact) mass is 286 g/mol. The summed E-state index contributed by atoms with van der Waals surface area (Å²) in [6, 6.07) is 0.709. The van der Waals surface area contributed by atoms with Crippen LogP contribution in [0.4, 0.5) is 0 Å². The molecule has 0 bridgehead atoms. The molecule has 0 radical (unpaired) electrons. The van der Waals surface area contributed by atoms with Crippen LogP contribution in [0.1, 0.15) is 35.4 Å². The lowest BCUT2D eigenvalue weighted by molar-refractivity contribution is 0.406. The molecule has 2 aromatic rings. The second-order valence-electron chi connectivity index (χ2n) is 5.74. The van der Waals surface area contributed by atoms with Crippen LogP contribution in [0.2, 0.25) is 0 Å². The lowest BCUT2D eigenvalue weighted by Gasteiger charge is -2.12.